The van der Waals surface area contributed by atoms with Crippen LogP contribution in [0.2, 0.25) is 5.02 Å². The number of imide groups is 2. The number of halogens is 1. The predicted octanol–water partition coefficient (Wildman–Crippen LogP) is 12.0. The summed E-state index contributed by atoms with van der Waals surface area (Å²) in [5, 5.41) is 10.4. The summed E-state index contributed by atoms with van der Waals surface area (Å²) >= 11 is 6.27. The first-order valence-corrected chi connectivity index (χ1v) is 21.6. The first kappa shape index (κ1) is 40.4. The highest BCUT2D eigenvalue weighted by Gasteiger charge is 2.41. The number of nitrogens with zero attached hydrogens (tertiary/aromatic N) is 5. The van der Waals surface area contributed by atoms with Crippen molar-refractivity contribution in [3.8, 4) is 34.5 Å². The van der Waals surface area contributed by atoms with E-state index in [1.807, 2.05) is 78.9 Å². The molecule has 13 heteroatoms. The first-order valence-electron chi connectivity index (χ1n) is 21.2. The number of para-hydroxylation sites is 1. The van der Waals surface area contributed by atoms with E-state index in [1.165, 1.54) is 17.0 Å². The number of carbonyl (C=O) groups is 4. The van der Waals surface area contributed by atoms with Crippen LogP contribution in [0.4, 0.5) is 11.7 Å². The van der Waals surface area contributed by atoms with Crippen molar-refractivity contribution >= 4 is 68.7 Å². The summed E-state index contributed by atoms with van der Waals surface area (Å²) in [6, 6.07) is 45.5. The molecule has 0 spiro atoms. The lowest BCUT2D eigenvalue weighted by Crippen LogP contribution is -2.29. The average Bonchev–Trinajstić information content (AvgIpc) is 4.06. The Balaban J connectivity index is 0.756. The summed E-state index contributed by atoms with van der Waals surface area (Å²) in [7, 11) is 0. The summed E-state index contributed by atoms with van der Waals surface area (Å²) in [5.74, 6) is 0.0134. The molecule has 4 heterocycles. The van der Waals surface area contributed by atoms with Crippen LogP contribution in [0.25, 0.3) is 33.3 Å². The minimum absolute atomic E-state index is 0.0784. The molecule has 66 heavy (non-hydrogen) atoms. The number of hydrogen-bond acceptors (Lipinski definition) is 9. The van der Waals surface area contributed by atoms with Gasteiger partial charge in [0.15, 0.2) is 0 Å². The van der Waals surface area contributed by atoms with Crippen LogP contribution in [-0.2, 0) is 12.0 Å². The average molecular weight is 890 g/mol. The van der Waals surface area contributed by atoms with Crippen molar-refractivity contribution in [3.05, 3.63) is 190 Å². The van der Waals surface area contributed by atoms with Crippen LogP contribution >= 0.6 is 11.6 Å². The largest absolute Gasteiger partial charge is 0.457 e. The number of aryl methyl sites for hydroxylation is 1. The van der Waals surface area contributed by atoms with Crippen LogP contribution in [0.15, 0.2) is 156 Å². The molecule has 0 N–H and O–H groups in total. The number of amides is 4. The lowest BCUT2D eigenvalue weighted by molar-refractivity contribution is 0.0906. The molecule has 0 atom stereocenters. The van der Waals surface area contributed by atoms with Crippen LogP contribution in [-0.4, -0.2) is 38.4 Å². The van der Waals surface area contributed by atoms with Crippen molar-refractivity contribution in [1.29, 1.82) is 0 Å². The number of carbonyl (C=O) groups excluding carboxylic acids is 4. The Kier molecular flexibility index (Phi) is 9.45. The van der Waals surface area contributed by atoms with Gasteiger partial charge in [-0.25, -0.2) is 4.90 Å². The molecule has 11 rings (SSSR count). The smallest absolute Gasteiger partial charge is 0.332 e. The van der Waals surface area contributed by atoms with Crippen molar-refractivity contribution in [2.24, 2.45) is 0 Å². The van der Waals surface area contributed by atoms with Crippen LogP contribution in [0.3, 0.4) is 0 Å². The van der Waals surface area contributed by atoms with E-state index in [9.17, 15) is 19.2 Å². The van der Waals surface area contributed by atoms with Crippen molar-refractivity contribution in [1.82, 2.24) is 14.8 Å². The highest BCUT2D eigenvalue weighted by atomic mass is 35.5. The summed E-state index contributed by atoms with van der Waals surface area (Å²) in [6.45, 7) is 7.12. The second-order valence-corrected chi connectivity index (χ2v) is 16.9. The molecular formula is C53H36ClN5O7. The number of ether oxygens (including phenoxy) is 2. The molecule has 0 bridgehead atoms. The zero-order valence-corrected chi connectivity index (χ0v) is 36.4. The van der Waals surface area contributed by atoms with Crippen molar-refractivity contribution in [2.75, 3.05) is 9.80 Å². The Bertz CT molecular complexity index is 3500. The Morgan fingerprint density at radius 1 is 0.530 bits per heavy atom. The second-order valence-electron chi connectivity index (χ2n) is 16.5. The van der Waals surface area contributed by atoms with E-state index >= 15 is 0 Å². The summed E-state index contributed by atoms with van der Waals surface area (Å²) in [6.07, 6.45) is 0. The van der Waals surface area contributed by atoms with E-state index in [4.69, 9.17) is 25.5 Å². The number of rotatable bonds is 10. The third kappa shape index (κ3) is 6.52. The maximum atomic E-state index is 13.8. The fraction of sp³-hybridized carbons (Fsp3) is 0.0943. The standard InChI is InChI=1S/C53H36ClN5O7/c1-4-57-45-12-8-6-9-37(45)41-27-32(17-26-46(41)57)58-48(60)38-24-22-35(28-42(38)50(58)62)64-33-18-13-30(14-19-33)53(2,3)31-15-20-34(21-16-31)65-36-23-25-39-43(29-36)51(63)59(49(39)61)52-56-55-47(66-52)40-10-5-7-11-44(40)54/h5-29H,4H2,1-3H3. The van der Waals surface area contributed by atoms with E-state index in [0.717, 1.165) is 44.4 Å². The van der Waals surface area contributed by atoms with Gasteiger partial charge in [-0.3, -0.25) is 19.2 Å². The third-order valence-electron chi connectivity index (χ3n) is 12.4. The summed E-state index contributed by atoms with van der Waals surface area (Å²) in [4.78, 5) is 56.3. The van der Waals surface area contributed by atoms with Crippen LogP contribution < -0.4 is 19.3 Å². The summed E-state index contributed by atoms with van der Waals surface area (Å²) in [5.41, 5.74) is 5.72. The fourth-order valence-corrected chi connectivity index (χ4v) is 9.08. The summed E-state index contributed by atoms with van der Waals surface area (Å²) < 4.78 is 20.3. The molecule has 2 aliphatic rings. The van der Waals surface area contributed by atoms with E-state index in [0.29, 0.717) is 44.8 Å². The normalized spacial score (nSPS) is 13.6. The topological polar surface area (TPSA) is 137 Å². The lowest BCUT2D eigenvalue weighted by Gasteiger charge is -2.26. The van der Waals surface area contributed by atoms with Gasteiger partial charge < -0.3 is 18.5 Å². The van der Waals surface area contributed by atoms with Crippen LogP contribution in [0.1, 0.15) is 73.3 Å². The number of hydrogen-bond donors (Lipinski definition) is 0. The quantitative estimate of drug-likeness (QED) is 0.123. The minimum Gasteiger partial charge on any atom is -0.457 e. The van der Waals surface area contributed by atoms with Crippen molar-refractivity contribution < 1.29 is 33.1 Å². The van der Waals surface area contributed by atoms with Gasteiger partial charge in [0.25, 0.3) is 29.5 Å². The molecule has 2 aromatic heterocycles. The van der Waals surface area contributed by atoms with Gasteiger partial charge >= 0.3 is 6.01 Å². The highest BCUT2D eigenvalue weighted by molar-refractivity contribution is 6.35. The van der Waals surface area contributed by atoms with Gasteiger partial charge in [-0.15, -0.1) is 5.10 Å². The lowest BCUT2D eigenvalue weighted by atomic mass is 9.78. The number of benzene rings is 7. The molecule has 12 nitrogen and oxygen atoms in total. The minimum atomic E-state index is -0.615. The molecule has 0 fully saturated rings. The number of aromatic nitrogens is 3. The van der Waals surface area contributed by atoms with Gasteiger partial charge in [-0.2, -0.15) is 4.90 Å². The van der Waals surface area contributed by atoms with Crippen molar-refractivity contribution in [3.63, 3.8) is 0 Å². The van der Waals surface area contributed by atoms with E-state index in [2.05, 4.69) is 47.7 Å². The van der Waals surface area contributed by atoms with Crippen LogP contribution in [0, 0.1) is 0 Å². The molecule has 9 aromatic rings. The maximum absolute atomic E-state index is 13.8. The third-order valence-corrected chi connectivity index (χ3v) is 12.7. The molecule has 322 valence electrons. The van der Waals surface area contributed by atoms with E-state index in [-0.39, 0.29) is 34.5 Å². The molecular weight excluding hydrogens is 854 g/mol. The van der Waals surface area contributed by atoms with Gasteiger partial charge in [-0.05, 0) is 115 Å². The van der Waals surface area contributed by atoms with Gasteiger partial charge in [0.05, 0.1) is 38.5 Å². The second kappa shape index (κ2) is 15.4. The van der Waals surface area contributed by atoms with Gasteiger partial charge in [-0.1, -0.05) is 85.1 Å². The zero-order valence-electron chi connectivity index (χ0n) is 35.6. The number of anilines is 2. The Hall–Kier alpha value is -8.35. The van der Waals surface area contributed by atoms with E-state index in [1.54, 1.807) is 48.5 Å². The predicted molar refractivity (Wildman–Crippen MR) is 250 cm³/mol. The van der Waals surface area contributed by atoms with Crippen LogP contribution in [0.5, 0.6) is 23.0 Å². The fourth-order valence-electron chi connectivity index (χ4n) is 8.86. The molecule has 2 aliphatic heterocycles. The maximum Gasteiger partial charge on any atom is 0.332 e. The molecule has 0 aliphatic carbocycles. The Labute approximate surface area is 382 Å². The van der Waals surface area contributed by atoms with Gasteiger partial charge in [0.2, 0.25) is 0 Å². The molecule has 0 unspecified atom stereocenters. The molecule has 0 radical (unpaired) electrons. The van der Waals surface area contributed by atoms with E-state index < -0.39 is 23.1 Å². The number of fused-ring (bicyclic) bond motifs is 5. The molecule has 0 saturated heterocycles. The SMILES string of the molecule is CCn1c2ccccc2c2cc(N3C(=O)c4ccc(Oc5ccc(C(C)(C)c6ccc(Oc7ccc8c(c7)C(=O)N(c7nnc(-c9ccccc9Cl)o7)C8=O)cc6)cc5)cc4C3=O)ccc21. The molecule has 7 aromatic carbocycles. The zero-order chi connectivity index (χ0) is 45.4. The molecule has 4 amide bonds. The molecule has 0 saturated carbocycles. The van der Waals surface area contributed by atoms with Gasteiger partial charge in [0.1, 0.15) is 23.0 Å². The highest BCUT2D eigenvalue weighted by Crippen LogP contribution is 2.39. The first-order chi connectivity index (χ1) is 32.0. The van der Waals surface area contributed by atoms with Crippen molar-refractivity contribution in [2.45, 2.75) is 32.7 Å². The Morgan fingerprint density at radius 3 is 1.68 bits per heavy atom. The monoisotopic (exact) mass is 889 g/mol. The Morgan fingerprint density at radius 2 is 1.06 bits per heavy atom. The van der Waals surface area contributed by atoms with Gasteiger partial charge in [0, 0.05) is 33.8 Å².